The molecule has 0 radical (unpaired) electrons. The van der Waals surface area contributed by atoms with Crippen molar-refractivity contribution in [3.63, 3.8) is 0 Å². The fourth-order valence-electron chi connectivity index (χ4n) is 3.86. The minimum Gasteiger partial charge on any atom is -0.481 e. The maximum Gasteiger partial charge on any atom is 0.303 e. The molecule has 0 saturated heterocycles. The minimum atomic E-state index is -0.653. The van der Waals surface area contributed by atoms with Crippen molar-refractivity contribution in [1.82, 2.24) is 0 Å². The molecule has 2 rings (SSSR count). The molecule has 0 fully saturated rings. The van der Waals surface area contributed by atoms with E-state index in [1.807, 2.05) is 60.7 Å². The molecule has 3 nitrogen and oxygen atoms in total. The average molecular weight is 454 g/mol. The maximum absolute atomic E-state index is 10.3. The fourth-order valence-corrected chi connectivity index (χ4v) is 3.86. The lowest BCUT2D eigenvalue weighted by molar-refractivity contribution is -0.137. The van der Waals surface area contributed by atoms with Gasteiger partial charge in [-0.3, -0.25) is 4.79 Å². The highest BCUT2D eigenvalue weighted by Crippen LogP contribution is 2.15. The summed E-state index contributed by atoms with van der Waals surface area (Å²) in [6.45, 7) is 2.27. The van der Waals surface area contributed by atoms with E-state index in [9.17, 15) is 4.79 Å². The summed E-state index contributed by atoms with van der Waals surface area (Å²) in [5.74, 6) is -0.653. The van der Waals surface area contributed by atoms with Crippen LogP contribution in [0, 0.1) is 0 Å². The Hall–Kier alpha value is -2.29. The molecule has 0 atom stereocenters. The zero-order chi connectivity index (χ0) is 23.8. The number of benzene rings is 2. The number of nitrogens with one attached hydrogen (secondary N) is 1. The molecule has 3 heteroatoms. The molecule has 0 aromatic heterocycles. The van der Waals surface area contributed by atoms with Crippen molar-refractivity contribution in [2.45, 2.75) is 110 Å². The van der Waals surface area contributed by atoms with Crippen LogP contribution in [0.2, 0.25) is 0 Å². The van der Waals surface area contributed by atoms with E-state index in [0.29, 0.717) is 6.42 Å². The topological polar surface area (TPSA) is 49.3 Å². The summed E-state index contributed by atoms with van der Waals surface area (Å²) in [7, 11) is 0. The van der Waals surface area contributed by atoms with Gasteiger partial charge < -0.3 is 10.4 Å². The zero-order valence-corrected chi connectivity index (χ0v) is 20.9. The highest BCUT2D eigenvalue weighted by molar-refractivity contribution is 5.66. The summed E-state index contributed by atoms with van der Waals surface area (Å²) in [5, 5.41) is 11.8. The summed E-state index contributed by atoms with van der Waals surface area (Å²) in [6.07, 6.45) is 20.2. The highest BCUT2D eigenvalue weighted by Gasteiger charge is 1.97. The lowest BCUT2D eigenvalue weighted by Gasteiger charge is -2.04. The molecular weight excluding hydrogens is 406 g/mol. The number of para-hydroxylation sites is 2. The van der Waals surface area contributed by atoms with E-state index in [0.717, 1.165) is 24.2 Å². The van der Waals surface area contributed by atoms with Gasteiger partial charge in [0.2, 0.25) is 0 Å². The van der Waals surface area contributed by atoms with Crippen molar-refractivity contribution in [3.8, 4) is 0 Å². The van der Waals surface area contributed by atoms with Crippen LogP contribution in [0.3, 0.4) is 0 Å². The third-order valence-corrected chi connectivity index (χ3v) is 5.83. The smallest absolute Gasteiger partial charge is 0.303 e. The maximum atomic E-state index is 10.3. The standard InChI is InChI=1S/C18H36O2.C12H11N/c1-2-3-4-5-6-7-8-9-10-11-12-13-14-15-16-17-18(19)20;1-3-7-11(8-4-1)13-12-9-5-2-6-10-12/h2-17H2,1H3,(H,19,20);1-10,13H. The van der Waals surface area contributed by atoms with E-state index >= 15 is 0 Å². The van der Waals surface area contributed by atoms with Crippen LogP contribution >= 0.6 is 0 Å². The van der Waals surface area contributed by atoms with Crippen molar-refractivity contribution in [2.24, 2.45) is 0 Å². The molecule has 2 aromatic carbocycles. The van der Waals surface area contributed by atoms with Gasteiger partial charge in [0.25, 0.3) is 0 Å². The highest BCUT2D eigenvalue weighted by atomic mass is 16.4. The summed E-state index contributed by atoms with van der Waals surface area (Å²) in [6, 6.07) is 20.3. The lowest BCUT2D eigenvalue weighted by Crippen LogP contribution is -1.93. The second-order valence-electron chi connectivity index (χ2n) is 8.95. The molecule has 0 aliphatic carbocycles. The first kappa shape index (κ1) is 28.7. The molecule has 33 heavy (non-hydrogen) atoms. The number of hydrogen-bond acceptors (Lipinski definition) is 2. The van der Waals surface area contributed by atoms with Crippen LogP contribution in [0.25, 0.3) is 0 Å². The van der Waals surface area contributed by atoms with Gasteiger partial charge in [0.05, 0.1) is 0 Å². The molecule has 0 heterocycles. The molecular formula is C30H47NO2. The predicted octanol–water partition coefficient (Wildman–Crippen LogP) is 9.76. The Labute approximate surface area is 203 Å². The van der Waals surface area contributed by atoms with Crippen molar-refractivity contribution in [3.05, 3.63) is 60.7 Å². The number of carboxylic acid groups (broad SMARTS) is 1. The van der Waals surface area contributed by atoms with E-state index in [2.05, 4.69) is 12.2 Å². The van der Waals surface area contributed by atoms with E-state index in [-0.39, 0.29) is 0 Å². The summed E-state index contributed by atoms with van der Waals surface area (Å²) in [4.78, 5) is 10.3. The molecule has 0 spiro atoms. The van der Waals surface area contributed by atoms with E-state index in [1.165, 1.54) is 83.5 Å². The van der Waals surface area contributed by atoms with Crippen molar-refractivity contribution >= 4 is 17.3 Å². The largest absolute Gasteiger partial charge is 0.481 e. The SMILES string of the molecule is CCCCCCCCCCCCCCCCCC(=O)O.c1ccc(Nc2ccccc2)cc1. The number of aliphatic carboxylic acids is 1. The van der Waals surface area contributed by atoms with Crippen LogP contribution in [0.5, 0.6) is 0 Å². The Bertz CT molecular complexity index is 635. The molecule has 2 aromatic rings. The second kappa shape index (κ2) is 21.6. The molecule has 0 unspecified atom stereocenters. The molecule has 2 N–H and O–H groups in total. The Morgan fingerprint density at radius 2 is 0.909 bits per heavy atom. The fraction of sp³-hybridized carbons (Fsp3) is 0.567. The number of anilines is 2. The summed E-state index contributed by atoms with van der Waals surface area (Å²) >= 11 is 0. The minimum absolute atomic E-state index is 0.345. The quantitative estimate of drug-likeness (QED) is 0.221. The first-order valence-electron chi connectivity index (χ1n) is 13.3. The van der Waals surface area contributed by atoms with Gasteiger partial charge in [-0.2, -0.15) is 0 Å². The summed E-state index contributed by atoms with van der Waals surface area (Å²) in [5.41, 5.74) is 2.24. The van der Waals surface area contributed by atoms with Gasteiger partial charge in [-0.15, -0.1) is 0 Å². The Morgan fingerprint density at radius 3 is 1.24 bits per heavy atom. The Morgan fingerprint density at radius 1 is 0.576 bits per heavy atom. The number of carbonyl (C=O) groups is 1. The third kappa shape index (κ3) is 18.9. The van der Waals surface area contributed by atoms with Gasteiger partial charge >= 0.3 is 5.97 Å². The molecule has 0 bridgehead atoms. The van der Waals surface area contributed by atoms with Gasteiger partial charge in [-0.05, 0) is 30.7 Å². The van der Waals surface area contributed by atoms with Gasteiger partial charge in [-0.25, -0.2) is 0 Å². The first-order chi connectivity index (χ1) is 16.2. The number of unbranched alkanes of at least 4 members (excludes halogenated alkanes) is 14. The average Bonchev–Trinajstić information content (AvgIpc) is 2.83. The molecule has 0 saturated carbocycles. The molecule has 0 aliphatic heterocycles. The monoisotopic (exact) mass is 453 g/mol. The number of hydrogen-bond donors (Lipinski definition) is 2. The zero-order valence-electron chi connectivity index (χ0n) is 20.9. The van der Waals surface area contributed by atoms with Crippen LogP contribution in [0.4, 0.5) is 11.4 Å². The van der Waals surface area contributed by atoms with E-state index in [1.54, 1.807) is 0 Å². The number of rotatable bonds is 18. The number of carboxylic acids is 1. The van der Waals surface area contributed by atoms with Crippen molar-refractivity contribution in [2.75, 3.05) is 5.32 Å². The Kier molecular flexibility index (Phi) is 18.8. The van der Waals surface area contributed by atoms with Crippen LogP contribution in [-0.4, -0.2) is 11.1 Å². The van der Waals surface area contributed by atoms with Crippen LogP contribution < -0.4 is 5.32 Å². The van der Waals surface area contributed by atoms with E-state index < -0.39 is 5.97 Å². The Balaban J connectivity index is 0.000000357. The molecule has 184 valence electrons. The second-order valence-corrected chi connectivity index (χ2v) is 8.95. The normalized spacial score (nSPS) is 10.3. The van der Waals surface area contributed by atoms with Gasteiger partial charge in [0.1, 0.15) is 0 Å². The van der Waals surface area contributed by atoms with Crippen LogP contribution in [-0.2, 0) is 4.79 Å². The lowest BCUT2D eigenvalue weighted by atomic mass is 10.0. The van der Waals surface area contributed by atoms with Gasteiger partial charge in [-0.1, -0.05) is 133 Å². The first-order valence-corrected chi connectivity index (χ1v) is 13.3. The predicted molar refractivity (Wildman–Crippen MR) is 143 cm³/mol. The van der Waals surface area contributed by atoms with E-state index in [4.69, 9.17) is 5.11 Å². The van der Waals surface area contributed by atoms with Crippen LogP contribution in [0.1, 0.15) is 110 Å². The van der Waals surface area contributed by atoms with Gasteiger partial charge in [0, 0.05) is 17.8 Å². The summed E-state index contributed by atoms with van der Waals surface area (Å²) < 4.78 is 0. The molecule has 0 amide bonds. The van der Waals surface area contributed by atoms with Crippen LogP contribution in [0.15, 0.2) is 60.7 Å². The van der Waals surface area contributed by atoms with Crippen molar-refractivity contribution < 1.29 is 9.90 Å². The molecule has 0 aliphatic rings. The van der Waals surface area contributed by atoms with Crippen molar-refractivity contribution in [1.29, 1.82) is 0 Å². The van der Waals surface area contributed by atoms with Gasteiger partial charge in [0.15, 0.2) is 0 Å². The third-order valence-electron chi connectivity index (χ3n) is 5.83.